The summed E-state index contributed by atoms with van der Waals surface area (Å²) in [7, 11) is 0. The quantitative estimate of drug-likeness (QED) is 0.0301. The molecule has 4 unspecified atom stereocenters. The van der Waals surface area contributed by atoms with Crippen molar-refractivity contribution in [3.63, 3.8) is 0 Å². The first kappa shape index (κ1) is 100. The average molecular weight is 1380 g/mol. The van der Waals surface area contributed by atoms with Crippen LogP contribution in [0.3, 0.4) is 0 Å². The van der Waals surface area contributed by atoms with E-state index in [2.05, 4.69) is 18.9 Å². The fraction of sp³-hybridized carbons (Fsp3) is 0.812. The van der Waals surface area contributed by atoms with Gasteiger partial charge in [0, 0.05) is 21.7 Å². The van der Waals surface area contributed by atoms with E-state index in [1.165, 1.54) is 20.8 Å². The van der Waals surface area contributed by atoms with Crippen molar-refractivity contribution in [2.24, 2.45) is 32.5 Å². The van der Waals surface area contributed by atoms with Gasteiger partial charge in [0.15, 0.2) is 61.3 Å². The monoisotopic (exact) mass is 1380 g/mol. The molecule has 0 aromatic carbocycles. The molecule has 558 valence electrons. The van der Waals surface area contributed by atoms with Crippen molar-refractivity contribution in [2.75, 3.05) is 132 Å². The van der Waals surface area contributed by atoms with Gasteiger partial charge in [0.1, 0.15) is 39.1 Å². The summed E-state index contributed by atoms with van der Waals surface area (Å²) >= 11 is 0. The first-order valence-corrected chi connectivity index (χ1v) is 30.5. The SMILES string of the molecule is CC(C)(C)C(=O)COCCOCCO.CC(C)(C)C(=O)COCCOCCOCCO.CC(C)(C)C(=O)OCC(=O)OCCO.CC(CO)OC(=O)C(C)OC(=O)C(C)(C)C.CC(OC(=O)CO)C(=O)OCC(=O)C(C)(C)C.CC(OC(=O)COC(=O)CO)C(=O)C(C)(C)C. The molecular formula is C64H116O31. The Morgan fingerprint density at radius 1 is 0.295 bits per heavy atom. The second-order valence-corrected chi connectivity index (χ2v) is 26.4. The summed E-state index contributed by atoms with van der Waals surface area (Å²) in [6, 6.07) is 0. The van der Waals surface area contributed by atoms with E-state index in [0.29, 0.717) is 52.9 Å². The lowest BCUT2D eigenvalue weighted by molar-refractivity contribution is -0.175. The van der Waals surface area contributed by atoms with Crippen LogP contribution in [0.5, 0.6) is 0 Å². The van der Waals surface area contributed by atoms with Crippen LogP contribution >= 0.6 is 0 Å². The minimum Gasteiger partial charge on any atom is -0.461 e. The molecule has 95 heavy (non-hydrogen) atoms. The van der Waals surface area contributed by atoms with Crippen LogP contribution in [-0.2, 0) is 119 Å². The van der Waals surface area contributed by atoms with Gasteiger partial charge in [-0.2, -0.15) is 0 Å². The van der Waals surface area contributed by atoms with Crippen molar-refractivity contribution in [3.8, 4) is 0 Å². The molecule has 0 saturated carbocycles. The summed E-state index contributed by atoms with van der Waals surface area (Å²) in [5, 5.41) is 50.6. The molecule has 0 aromatic rings. The van der Waals surface area contributed by atoms with Crippen molar-refractivity contribution in [1.29, 1.82) is 0 Å². The van der Waals surface area contributed by atoms with Crippen molar-refractivity contribution < 1.29 is 150 Å². The minimum absolute atomic E-state index is 0.0148. The van der Waals surface area contributed by atoms with Crippen molar-refractivity contribution in [2.45, 2.75) is 177 Å². The predicted octanol–water partition coefficient (Wildman–Crippen LogP) is 2.41. The lowest BCUT2D eigenvalue weighted by atomic mass is 9.88. The molecule has 0 radical (unpaired) electrons. The maximum absolute atomic E-state index is 11.7. The molecule has 0 spiro atoms. The first-order chi connectivity index (χ1) is 43.4. The molecule has 4 atom stereocenters. The van der Waals surface area contributed by atoms with Crippen LogP contribution in [0, 0.1) is 32.5 Å². The number of ether oxygens (including phenoxy) is 13. The summed E-state index contributed by atoms with van der Waals surface area (Å²) in [4.78, 5) is 134. The molecule has 31 nitrogen and oxygen atoms in total. The van der Waals surface area contributed by atoms with Crippen LogP contribution in [0.1, 0.15) is 152 Å². The Morgan fingerprint density at radius 3 is 1.01 bits per heavy atom. The van der Waals surface area contributed by atoms with Crippen LogP contribution in [-0.4, -0.2) is 258 Å². The third-order valence-electron chi connectivity index (χ3n) is 10.7. The summed E-state index contributed by atoms with van der Waals surface area (Å²) in [5.74, 6) is -5.99. The largest absolute Gasteiger partial charge is 0.461 e. The molecule has 0 fully saturated rings. The standard InChI is InChI=1S/C12H24O5.2C11H18O6.C11H20O5.C10H20O4.C9H16O5/c1-12(2,3)11(14)10-17-9-8-16-7-6-15-5-4-13;1-7(17-9(14)5-12)10(15)16-6-8(13)11(2,3)4;1-7(10(15)11(2,3)4)17-9(14)6-16-8(13)5-12;1-7(6-12)15-9(13)8(2)16-10(14)11(3,4)5;1-10(2,3)9(12)8-14-7-6-13-5-4-11;1-9(2,3)8(12)14-6-7(11)13-5-4-10/h13H,4-10H2,1-3H3;2*7,12H,5-6H2,1-4H3;7-8,12H,6H2,1-5H3;11H,4-8H2,1-3H3;10H,4-6H2,1-3H3. The molecule has 0 amide bonds. The zero-order valence-electron chi connectivity index (χ0n) is 60.3. The van der Waals surface area contributed by atoms with Crippen LogP contribution in [0.25, 0.3) is 0 Å². The third kappa shape index (κ3) is 62.6. The number of Topliss-reactive ketones (excluding diaryl/α,β-unsaturated/α-hetero) is 4. The zero-order chi connectivity index (χ0) is 75.6. The molecule has 31 heteroatoms. The number of esters is 8. The van der Waals surface area contributed by atoms with E-state index >= 15 is 0 Å². The highest BCUT2D eigenvalue weighted by atomic mass is 16.6. The number of hydrogen-bond acceptors (Lipinski definition) is 31. The lowest BCUT2D eigenvalue weighted by Crippen LogP contribution is -2.35. The highest BCUT2D eigenvalue weighted by Gasteiger charge is 2.31. The fourth-order valence-electron chi connectivity index (χ4n) is 4.64. The van der Waals surface area contributed by atoms with Gasteiger partial charge >= 0.3 is 47.8 Å². The molecule has 0 aromatic heterocycles. The predicted molar refractivity (Wildman–Crippen MR) is 339 cm³/mol. The van der Waals surface area contributed by atoms with Gasteiger partial charge in [-0.3, -0.25) is 28.8 Å². The highest BCUT2D eigenvalue weighted by molar-refractivity contribution is 5.90. The molecule has 0 saturated heterocycles. The van der Waals surface area contributed by atoms with E-state index in [1.54, 1.807) is 90.0 Å². The molecular weight excluding hydrogens is 1260 g/mol. The number of ketones is 4. The number of carbonyl (C=O) groups is 12. The van der Waals surface area contributed by atoms with E-state index in [0.717, 1.165) is 0 Å². The van der Waals surface area contributed by atoms with E-state index < -0.39 is 120 Å². The molecule has 0 aliphatic rings. The van der Waals surface area contributed by atoms with Crippen molar-refractivity contribution in [1.82, 2.24) is 0 Å². The van der Waals surface area contributed by atoms with Crippen LogP contribution < -0.4 is 0 Å². The Hall–Kier alpha value is -6.00. The molecule has 0 aliphatic heterocycles. The Morgan fingerprint density at radius 2 is 0.653 bits per heavy atom. The maximum Gasteiger partial charge on any atom is 0.347 e. The number of aliphatic hydroxyl groups excluding tert-OH is 6. The van der Waals surface area contributed by atoms with Crippen LogP contribution in [0.4, 0.5) is 0 Å². The van der Waals surface area contributed by atoms with Gasteiger partial charge in [0.05, 0.1) is 90.1 Å². The highest BCUT2D eigenvalue weighted by Crippen LogP contribution is 2.20. The molecule has 0 aliphatic carbocycles. The smallest absolute Gasteiger partial charge is 0.347 e. The van der Waals surface area contributed by atoms with E-state index in [4.69, 9.17) is 73.3 Å². The molecule has 6 N–H and O–H groups in total. The third-order valence-corrected chi connectivity index (χ3v) is 10.7. The summed E-state index contributed by atoms with van der Waals surface area (Å²) in [6.07, 6.45) is -3.58. The summed E-state index contributed by atoms with van der Waals surface area (Å²) in [6.45, 7) is 37.3. The van der Waals surface area contributed by atoms with Gasteiger partial charge < -0.3 is 92.2 Å². The Labute approximate surface area is 560 Å². The summed E-state index contributed by atoms with van der Waals surface area (Å²) < 4.78 is 62.7. The molecule has 0 bridgehead atoms. The number of rotatable bonds is 35. The lowest BCUT2D eigenvalue weighted by Gasteiger charge is -2.21. The Kier molecular flexibility index (Phi) is 56.9. The van der Waals surface area contributed by atoms with E-state index in [9.17, 15) is 57.5 Å². The molecule has 0 rings (SSSR count). The Balaban J connectivity index is -0.000000251. The Bertz CT molecular complexity index is 2200. The van der Waals surface area contributed by atoms with Gasteiger partial charge in [-0.1, -0.05) is 83.1 Å². The van der Waals surface area contributed by atoms with E-state index in [-0.39, 0.29) is 86.8 Å². The summed E-state index contributed by atoms with van der Waals surface area (Å²) in [5.41, 5.74) is -3.17. The van der Waals surface area contributed by atoms with Crippen molar-refractivity contribution >= 4 is 70.9 Å². The maximum atomic E-state index is 11.7. The van der Waals surface area contributed by atoms with Crippen molar-refractivity contribution in [3.05, 3.63) is 0 Å². The van der Waals surface area contributed by atoms with Gasteiger partial charge in [0.25, 0.3) is 0 Å². The van der Waals surface area contributed by atoms with Crippen LogP contribution in [0.2, 0.25) is 0 Å². The fourth-order valence-corrected chi connectivity index (χ4v) is 4.64. The van der Waals surface area contributed by atoms with E-state index in [1.807, 2.05) is 41.5 Å². The number of aliphatic hydroxyl groups is 6. The normalized spacial score (nSPS) is 12.5. The second kappa shape index (κ2) is 54.1. The average Bonchev–Trinajstić information content (AvgIpc) is 1.29. The van der Waals surface area contributed by atoms with Gasteiger partial charge in [-0.15, -0.1) is 0 Å². The second-order valence-electron chi connectivity index (χ2n) is 26.4. The van der Waals surface area contributed by atoms with Gasteiger partial charge in [-0.05, 0) is 69.2 Å². The number of carbonyl (C=O) groups excluding carboxylic acids is 12. The van der Waals surface area contributed by atoms with Gasteiger partial charge in [0.2, 0.25) is 0 Å². The van der Waals surface area contributed by atoms with Gasteiger partial charge in [-0.25, -0.2) is 28.8 Å². The van der Waals surface area contributed by atoms with Crippen LogP contribution in [0.15, 0.2) is 0 Å². The first-order valence-electron chi connectivity index (χ1n) is 30.5. The zero-order valence-corrected chi connectivity index (χ0v) is 60.3. The molecule has 0 heterocycles. The minimum atomic E-state index is -1.14. The number of hydrogen-bond donors (Lipinski definition) is 6. The topological polar surface area (TPSA) is 446 Å².